The van der Waals surface area contributed by atoms with Crippen molar-refractivity contribution in [1.29, 1.82) is 0 Å². The fourth-order valence-electron chi connectivity index (χ4n) is 2.11. The van der Waals surface area contributed by atoms with E-state index in [1.165, 1.54) is 0 Å². The zero-order valence-electron chi connectivity index (χ0n) is 16.2. The Morgan fingerprint density at radius 2 is 1.83 bits per heavy atom. The summed E-state index contributed by atoms with van der Waals surface area (Å²) in [4.78, 5) is 14.4. The van der Waals surface area contributed by atoms with E-state index >= 15 is 0 Å². The van der Waals surface area contributed by atoms with E-state index in [9.17, 15) is 9.90 Å². The first-order chi connectivity index (χ1) is 10.4. The van der Waals surface area contributed by atoms with Crippen molar-refractivity contribution in [2.75, 3.05) is 6.61 Å². The third-order valence-corrected chi connectivity index (χ3v) is 4.03. The van der Waals surface area contributed by atoms with Gasteiger partial charge in [0.25, 0.3) is 0 Å². The first-order valence-electron chi connectivity index (χ1n) is 8.56. The molecule has 0 saturated carbocycles. The van der Waals surface area contributed by atoms with E-state index in [2.05, 4.69) is 38.0 Å². The van der Waals surface area contributed by atoms with Gasteiger partial charge in [-0.2, -0.15) is 0 Å². The van der Waals surface area contributed by atoms with E-state index in [-0.39, 0.29) is 24.8 Å². The fourth-order valence-corrected chi connectivity index (χ4v) is 2.71. The van der Waals surface area contributed by atoms with E-state index < -0.39 is 13.7 Å². The quantitative estimate of drug-likeness (QED) is 0.586. The summed E-state index contributed by atoms with van der Waals surface area (Å²) < 4.78 is 5.58. The molecule has 0 aliphatic carbocycles. The maximum atomic E-state index is 12.7. The molecule has 0 aliphatic heterocycles. The van der Waals surface area contributed by atoms with Gasteiger partial charge in [-0.25, -0.2) is 4.79 Å². The van der Waals surface area contributed by atoms with Crippen LogP contribution in [0.1, 0.15) is 53.9 Å². The van der Waals surface area contributed by atoms with Gasteiger partial charge in [0.15, 0.2) is 0 Å². The second-order valence-electron chi connectivity index (χ2n) is 8.07. The molecule has 0 radical (unpaired) electrons. The molecule has 0 saturated heterocycles. The zero-order valence-corrected chi connectivity index (χ0v) is 17.2. The summed E-state index contributed by atoms with van der Waals surface area (Å²) in [6.45, 7) is 16.2. The highest BCUT2D eigenvalue weighted by molar-refractivity contribution is 6.83. The van der Waals surface area contributed by atoms with Crippen LogP contribution in [-0.4, -0.2) is 48.5 Å². The predicted octanol–water partition coefficient (Wildman–Crippen LogP) is 4.04. The van der Waals surface area contributed by atoms with Crippen molar-refractivity contribution in [1.82, 2.24) is 4.90 Å². The lowest BCUT2D eigenvalue weighted by Gasteiger charge is -2.35. The number of ether oxygens (including phenoxy) is 1. The van der Waals surface area contributed by atoms with Gasteiger partial charge < -0.3 is 9.84 Å². The standard InChI is InChI=1S/C18H35NO3Si/c1-9-10-16(12-14-23(6,7)8)19(15(2)11-13-20)17(21)22-18(3,4)5/h15-16,20H,9-11,13H2,1-8H3/t15-,16+/m0/s1. The van der Waals surface area contributed by atoms with Crippen LogP contribution in [0.25, 0.3) is 0 Å². The molecule has 0 bridgehead atoms. The normalized spacial score (nSPS) is 14.5. The first-order valence-corrected chi connectivity index (χ1v) is 12.1. The molecule has 1 N–H and O–H groups in total. The van der Waals surface area contributed by atoms with Crippen LogP contribution in [0, 0.1) is 11.5 Å². The van der Waals surface area contributed by atoms with Gasteiger partial charge in [-0.3, -0.25) is 4.90 Å². The summed E-state index contributed by atoms with van der Waals surface area (Å²) in [6.07, 6.45) is 1.93. The van der Waals surface area contributed by atoms with Crippen LogP contribution >= 0.6 is 0 Å². The van der Waals surface area contributed by atoms with Gasteiger partial charge >= 0.3 is 6.09 Å². The molecule has 0 fully saturated rings. The topological polar surface area (TPSA) is 49.8 Å². The molecule has 0 aromatic heterocycles. The number of hydrogen-bond donors (Lipinski definition) is 1. The van der Waals surface area contributed by atoms with E-state index in [0.29, 0.717) is 6.42 Å². The van der Waals surface area contributed by atoms with Crippen molar-refractivity contribution in [2.45, 2.75) is 91.2 Å². The number of carbonyl (C=O) groups excluding carboxylic acids is 1. The number of carbonyl (C=O) groups is 1. The molecule has 0 aliphatic rings. The third-order valence-electron chi connectivity index (χ3n) is 3.14. The highest BCUT2D eigenvalue weighted by Gasteiger charge is 2.31. The Bertz CT molecular complexity index is 426. The van der Waals surface area contributed by atoms with E-state index in [1.807, 2.05) is 27.7 Å². The zero-order chi connectivity index (χ0) is 18.3. The third kappa shape index (κ3) is 9.68. The van der Waals surface area contributed by atoms with E-state index in [4.69, 9.17) is 4.74 Å². The Morgan fingerprint density at radius 1 is 1.26 bits per heavy atom. The summed E-state index contributed by atoms with van der Waals surface area (Å²) in [5.74, 6) is 3.32. The molecule has 134 valence electrons. The molecule has 23 heavy (non-hydrogen) atoms. The van der Waals surface area contributed by atoms with Crippen molar-refractivity contribution in [3.8, 4) is 11.5 Å². The Kier molecular flexibility index (Phi) is 8.94. The lowest BCUT2D eigenvalue weighted by molar-refractivity contribution is 0.00913. The average molecular weight is 342 g/mol. The molecule has 1 amide bonds. The number of aliphatic hydroxyl groups excluding tert-OH is 1. The summed E-state index contributed by atoms with van der Waals surface area (Å²) in [6, 6.07) is -0.273. The molecule has 0 aromatic rings. The Morgan fingerprint density at radius 3 is 2.22 bits per heavy atom. The lowest BCUT2D eigenvalue weighted by atomic mass is 10.1. The van der Waals surface area contributed by atoms with Crippen LogP contribution < -0.4 is 0 Å². The smallest absolute Gasteiger partial charge is 0.411 e. The average Bonchev–Trinajstić information content (AvgIpc) is 2.33. The van der Waals surface area contributed by atoms with Gasteiger partial charge in [0.05, 0.1) is 6.04 Å². The Balaban J connectivity index is 5.55. The van der Waals surface area contributed by atoms with Crippen molar-refractivity contribution in [3.05, 3.63) is 0 Å². The van der Waals surface area contributed by atoms with Crippen LogP contribution in [0.5, 0.6) is 0 Å². The van der Waals surface area contributed by atoms with Crippen molar-refractivity contribution in [3.63, 3.8) is 0 Å². The van der Waals surface area contributed by atoms with Gasteiger partial charge in [-0.15, -0.1) is 5.54 Å². The minimum atomic E-state index is -1.52. The Hall–Kier alpha value is -0.993. The van der Waals surface area contributed by atoms with Crippen molar-refractivity contribution >= 4 is 14.2 Å². The van der Waals surface area contributed by atoms with Gasteiger partial charge in [-0.1, -0.05) is 38.9 Å². The van der Waals surface area contributed by atoms with Crippen LogP contribution in [-0.2, 0) is 4.74 Å². The van der Waals surface area contributed by atoms with E-state index in [1.54, 1.807) is 4.90 Å². The highest BCUT2D eigenvalue weighted by Crippen LogP contribution is 2.19. The maximum absolute atomic E-state index is 12.7. The molecule has 0 heterocycles. The molecule has 5 heteroatoms. The van der Waals surface area contributed by atoms with Gasteiger partial charge in [0, 0.05) is 12.6 Å². The minimum absolute atomic E-state index is 0.0424. The molecule has 0 unspecified atom stereocenters. The van der Waals surface area contributed by atoms with Crippen LogP contribution in [0.3, 0.4) is 0 Å². The lowest BCUT2D eigenvalue weighted by Crippen LogP contribution is -2.48. The summed E-state index contributed by atoms with van der Waals surface area (Å²) in [5.41, 5.74) is 2.83. The van der Waals surface area contributed by atoms with E-state index in [0.717, 1.165) is 12.8 Å². The molecule has 2 atom stereocenters. The minimum Gasteiger partial charge on any atom is -0.444 e. The molecule has 0 spiro atoms. The number of amides is 1. The molecular formula is C18H35NO3Si. The molecule has 4 nitrogen and oxygen atoms in total. The number of aliphatic hydroxyl groups is 1. The number of hydrogen-bond acceptors (Lipinski definition) is 3. The summed E-state index contributed by atoms with van der Waals surface area (Å²) in [7, 11) is -1.52. The highest BCUT2D eigenvalue weighted by atomic mass is 28.3. The number of rotatable bonds is 6. The van der Waals surface area contributed by atoms with Crippen LogP contribution in [0.15, 0.2) is 0 Å². The maximum Gasteiger partial charge on any atom is 0.411 e. The van der Waals surface area contributed by atoms with Crippen molar-refractivity contribution in [2.24, 2.45) is 0 Å². The largest absolute Gasteiger partial charge is 0.444 e. The van der Waals surface area contributed by atoms with Crippen LogP contribution in [0.4, 0.5) is 4.79 Å². The summed E-state index contributed by atoms with van der Waals surface area (Å²) in [5, 5.41) is 9.26. The molecule has 0 aromatic carbocycles. The van der Waals surface area contributed by atoms with Gasteiger partial charge in [0.1, 0.15) is 13.7 Å². The first kappa shape index (κ1) is 22.0. The van der Waals surface area contributed by atoms with Crippen LogP contribution in [0.2, 0.25) is 19.6 Å². The summed E-state index contributed by atoms with van der Waals surface area (Å²) >= 11 is 0. The predicted molar refractivity (Wildman–Crippen MR) is 99.1 cm³/mol. The van der Waals surface area contributed by atoms with Gasteiger partial charge in [0.2, 0.25) is 0 Å². The van der Waals surface area contributed by atoms with Crippen molar-refractivity contribution < 1.29 is 14.6 Å². The second-order valence-corrected chi connectivity index (χ2v) is 12.8. The number of nitrogens with zero attached hydrogens (tertiary/aromatic N) is 1. The molecule has 0 rings (SSSR count). The Labute approximate surface area is 143 Å². The monoisotopic (exact) mass is 341 g/mol. The second kappa shape index (κ2) is 9.34. The fraction of sp³-hybridized carbons (Fsp3) is 0.833. The van der Waals surface area contributed by atoms with Gasteiger partial charge in [-0.05, 0) is 40.5 Å². The SMILES string of the molecule is CCC[C@H](C#C[Si](C)(C)C)N(C(=O)OC(C)(C)C)[C@@H](C)CCO. The molecular weight excluding hydrogens is 306 g/mol.